The summed E-state index contributed by atoms with van der Waals surface area (Å²) >= 11 is 6.38. The van der Waals surface area contributed by atoms with E-state index in [0.717, 1.165) is 24.5 Å². The molecule has 18 heavy (non-hydrogen) atoms. The van der Waals surface area contributed by atoms with E-state index in [1.54, 1.807) is 0 Å². The Morgan fingerprint density at radius 1 is 1.44 bits per heavy atom. The molecule has 1 aromatic heterocycles. The van der Waals surface area contributed by atoms with Crippen molar-refractivity contribution in [2.75, 3.05) is 13.6 Å². The molecule has 0 aliphatic heterocycles. The molecule has 2 unspecified atom stereocenters. The molecule has 3 nitrogen and oxygen atoms in total. The van der Waals surface area contributed by atoms with Gasteiger partial charge in [0.15, 0.2) is 0 Å². The molecule has 0 spiro atoms. The highest BCUT2D eigenvalue weighted by atomic mass is 35.5. The lowest BCUT2D eigenvalue weighted by Crippen LogP contribution is -2.29. The van der Waals surface area contributed by atoms with Gasteiger partial charge >= 0.3 is 0 Å². The molecule has 102 valence electrons. The molecular formula is C14H24ClN3. The van der Waals surface area contributed by atoms with Gasteiger partial charge in [-0.3, -0.25) is 4.68 Å². The van der Waals surface area contributed by atoms with Crippen molar-refractivity contribution < 1.29 is 0 Å². The van der Waals surface area contributed by atoms with E-state index in [9.17, 15) is 0 Å². The van der Waals surface area contributed by atoms with Crippen molar-refractivity contribution in [3.63, 3.8) is 0 Å². The second-order valence-electron chi connectivity index (χ2n) is 5.31. The number of aryl methyl sites for hydroxylation is 1. The standard InChI is InChI=1S/C14H24ClN3/c1-3-8-18-14(13(15)10-17-18)12-7-5-4-6-11(12)9-16-2/h10-12,16H,3-9H2,1-2H3. The van der Waals surface area contributed by atoms with Crippen LogP contribution in [0.4, 0.5) is 0 Å². The molecule has 1 aliphatic carbocycles. The molecule has 2 rings (SSSR count). The van der Waals surface area contributed by atoms with Crippen LogP contribution < -0.4 is 5.32 Å². The number of hydrogen-bond donors (Lipinski definition) is 1. The van der Waals surface area contributed by atoms with Crippen LogP contribution in [0, 0.1) is 5.92 Å². The normalized spacial score (nSPS) is 24.4. The smallest absolute Gasteiger partial charge is 0.0820 e. The number of nitrogens with zero attached hydrogens (tertiary/aromatic N) is 2. The Kier molecular flexibility index (Phi) is 5.07. The lowest BCUT2D eigenvalue weighted by atomic mass is 9.77. The van der Waals surface area contributed by atoms with Crippen LogP contribution in [0.25, 0.3) is 0 Å². The monoisotopic (exact) mass is 269 g/mol. The van der Waals surface area contributed by atoms with Gasteiger partial charge in [-0.25, -0.2) is 0 Å². The van der Waals surface area contributed by atoms with Crippen molar-refractivity contribution in [3.8, 4) is 0 Å². The Bertz CT molecular complexity index is 373. The maximum Gasteiger partial charge on any atom is 0.0820 e. The first kappa shape index (κ1) is 13.9. The molecular weight excluding hydrogens is 246 g/mol. The van der Waals surface area contributed by atoms with E-state index in [0.29, 0.717) is 11.8 Å². The second kappa shape index (κ2) is 6.58. The van der Waals surface area contributed by atoms with Crippen molar-refractivity contribution in [2.24, 2.45) is 5.92 Å². The van der Waals surface area contributed by atoms with Gasteiger partial charge < -0.3 is 5.32 Å². The van der Waals surface area contributed by atoms with Crippen LogP contribution in [-0.2, 0) is 6.54 Å². The summed E-state index contributed by atoms with van der Waals surface area (Å²) in [7, 11) is 2.04. The molecule has 4 heteroatoms. The molecule has 1 aromatic rings. The predicted molar refractivity (Wildman–Crippen MR) is 76.2 cm³/mol. The number of rotatable bonds is 5. The zero-order valence-electron chi connectivity index (χ0n) is 11.5. The van der Waals surface area contributed by atoms with E-state index in [-0.39, 0.29) is 0 Å². The molecule has 1 aliphatic rings. The Hall–Kier alpha value is -0.540. The summed E-state index contributed by atoms with van der Waals surface area (Å²) in [6, 6.07) is 0. The van der Waals surface area contributed by atoms with Crippen LogP contribution in [0.3, 0.4) is 0 Å². The van der Waals surface area contributed by atoms with E-state index in [1.165, 1.54) is 31.4 Å². The van der Waals surface area contributed by atoms with Gasteiger partial charge in [0.2, 0.25) is 0 Å². The average Bonchev–Trinajstić information content (AvgIpc) is 2.73. The molecule has 0 radical (unpaired) electrons. The first-order valence-corrected chi connectivity index (χ1v) is 7.51. The Morgan fingerprint density at radius 3 is 2.94 bits per heavy atom. The zero-order chi connectivity index (χ0) is 13.0. The largest absolute Gasteiger partial charge is 0.319 e. The Labute approximate surface area is 115 Å². The lowest BCUT2D eigenvalue weighted by Gasteiger charge is -2.32. The highest BCUT2D eigenvalue weighted by molar-refractivity contribution is 6.31. The third-order valence-electron chi connectivity index (χ3n) is 4.00. The second-order valence-corrected chi connectivity index (χ2v) is 5.72. The molecule has 1 heterocycles. The number of halogens is 1. The van der Waals surface area contributed by atoms with Crippen LogP contribution in [-0.4, -0.2) is 23.4 Å². The van der Waals surface area contributed by atoms with Gasteiger partial charge in [0.1, 0.15) is 0 Å². The van der Waals surface area contributed by atoms with Crippen molar-refractivity contribution in [3.05, 3.63) is 16.9 Å². The molecule has 2 atom stereocenters. The van der Waals surface area contributed by atoms with Crippen molar-refractivity contribution in [1.82, 2.24) is 15.1 Å². The maximum absolute atomic E-state index is 6.38. The van der Waals surface area contributed by atoms with E-state index in [4.69, 9.17) is 11.6 Å². The van der Waals surface area contributed by atoms with Gasteiger partial charge in [-0.2, -0.15) is 5.10 Å². The third kappa shape index (κ3) is 2.89. The Morgan fingerprint density at radius 2 is 2.22 bits per heavy atom. The SMILES string of the molecule is CCCn1ncc(Cl)c1C1CCCCC1CNC. The summed E-state index contributed by atoms with van der Waals surface area (Å²) < 4.78 is 2.13. The molecule has 1 N–H and O–H groups in total. The van der Waals surface area contributed by atoms with Crippen molar-refractivity contribution in [2.45, 2.75) is 51.5 Å². The summed E-state index contributed by atoms with van der Waals surface area (Å²) in [4.78, 5) is 0. The van der Waals surface area contributed by atoms with Crippen LogP contribution in [0.15, 0.2) is 6.20 Å². The van der Waals surface area contributed by atoms with Gasteiger partial charge in [-0.1, -0.05) is 31.4 Å². The first-order chi connectivity index (χ1) is 8.77. The molecule has 0 saturated heterocycles. The highest BCUT2D eigenvalue weighted by Crippen LogP contribution is 2.40. The minimum atomic E-state index is 0.577. The maximum atomic E-state index is 6.38. The van der Waals surface area contributed by atoms with Crippen LogP contribution >= 0.6 is 11.6 Å². The number of nitrogens with one attached hydrogen (secondary N) is 1. The quantitative estimate of drug-likeness (QED) is 0.887. The summed E-state index contributed by atoms with van der Waals surface area (Å²) in [6.45, 7) is 4.24. The molecule has 0 aromatic carbocycles. The third-order valence-corrected chi connectivity index (χ3v) is 4.29. The minimum absolute atomic E-state index is 0.577. The predicted octanol–water partition coefficient (Wildman–Crippen LogP) is 3.44. The summed E-state index contributed by atoms with van der Waals surface area (Å²) in [5, 5.41) is 8.62. The minimum Gasteiger partial charge on any atom is -0.319 e. The summed E-state index contributed by atoms with van der Waals surface area (Å²) in [5.74, 6) is 1.28. The molecule has 0 bridgehead atoms. The molecule has 1 saturated carbocycles. The first-order valence-electron chi connectivity index (χ1n) is 7.13. The summed E-state index contributed by atoms with van der Waals surface area (Å²) in [5.41, 5.74) is 1.28. The van der Waals surface area contributed by atoms with Gasteiger partial charge in [0.05, 0.1) is 16.9 Å². The average molecular weight is 270 g/mol. The lowest BCUT2D eigenvalue weighted by molar-refractivity contribution is 0.288. The van der Waals surface area contributed by atoms with E-state index in [2.05, 4.69) is 22.0 Å². The van der Waals surface area contributed by atoms with Gasteiger partial charge in [0.25, 0.3) is 0 Å². The fourth-order valence-corrected chi connectivity index (χ4v) is 3.49. The molecule has 1 fully saturated rings. The van der Waals surface area contributed by atoms with Crippen LogP contribution in [0.5, 0.6) is 0 Å². The van der Waals surface area contributed by atoms with Crippen molar-refractivity contribution >= 4 is 11.6 Å². The number of hydrogen-bond acceptors (Lipinski definition) is 2. The topological polar surface area (TPSA) is 29.9 Å². The van der Waals surface area contributed by atoms with E-state index < -0.39 is 0 Å². The van der Waals surface area contributed by atoms with Gasteiger partial charge in [-0.15, -0.1) is 0 Å². The van der Waals surface area contributed by atoms with Gasteiger partial charge in [0, 0.05) is 12.5 Å². The van der Waals surface area contributed by atoms with Gasteiger partial charge in [-0.05, 0) is 38.8 Å². The van der Waals surface area contributed by atoms with E-state index >= 15 is 0 Å². The fraction of sp³-hybridized carbons (Fsp3) is 0.786. The zero-order valence-corrected chi connectivity index (χ0v) is 12.2. The highest BCUT2D eigenvalue weighted by Gasteiger charge is 2.30. The van der Waals surface area contributed by atoms with Crippen molar-refractivity contribution in [1.29, 1.82) is 0 Å². The number of aromatic nitrogens is 2. The van der Waals surface area contributed by atoms with Crippen LogP contribution in [0.2, 0.25) is 5.02 Å². The summed E-state index contributed by atoms with van der Waals surface area (Å²) in [6.07, 6.45) is 8.15. The van der Waals surface area contributed by atoms with E-state index in [1.807, 2.05) is 13.2 Å². The fourth-order valence-electron chi connectivity index (χ4n) is 3.20. The van der Waals surface area contributed by atoms with Crippen LogP contribution in [0.1, 0.15) is 50.6 Å². The Balaban J connectivity index is 2.23. The molecule has 0 amide bonds.